The van der Waals surface area contributed by atoms with E-state index in [-0.39, 0.29) is 64.4 Å². The summed E-state index contributed by atoms with van der Waals surface area (Å²) in [5.41, 5.74) is 2.50. The number of aromatic hydroxyl groups is 2. The van der Waals surface area contributed by atoms with E-state index in [0.717, 1.165) is 21.5 Å². The molecule has 0 saturated heterocycles. The highest BCUT2D eigenvalue weighted by atomic mass is 16.6. The van der Waals surface area contributed by atoms with Crippen molar-refractivity contribution < 1.29 is 67.1 Å². The second kappa shape index (κ2) is 21.6. The number of carbonyl (C=O) groups excluding carboxylic acids is 1. The average molecular weight is 855 g/mol. The monoisotopic (exact) mass is 854 g/mol. The lowest BCUT2D eigenvalue weighted by atomic mass is 9.72. The summed E-state index contributed by atoms with van der Waals surface area (Å²) in [6.07, 6.45) is 0. The van der Waals surface area contributed by atoms with Gasteiger partial charge in [-0.3, -0.25) is 0 Å². The van der Waals surface area contributed by atoms with E-state index >= 15 is 0 Å². The predicted octanol–water partition coefficient (Wildman–Crippen LogP) is 6.06. The van der Waals surface area contributed by atoms with Gasteiger partial charge >= 0.3 is 5.97 Å². The average Bonchev–Trinajstić information content (AvgIpc) is 3.53. The van der Waals surface area contributed by atoms with Gasteiger partial charge in [-0.05, 0) is 92.3 Å². The first kappa shape index (κ1) is 43.9. The molecule has 0 spiro atoms. The Hall–Kier alpha value is -4.71. The molecule has 5 aromatic carbocycles. The molecule has 330 valence electrons. The number of hydrogen-bond donors (Lipinski definition) is 2. The van der Waals surface area contributed by atoms with Gasteiger partial charge in [0.1, 0.15) is 11.5 Å². The molecule has 0 saturated carbocycles. The van der Waals surface area contributed by atoms with Crippen molar-refractivity contribution in [2.45, 2.75) is 32.0 Å². The summed E-state index contributed by atoms with van der Waals surface area (Å²) < 4.78 is 66.4. The Morgan fingerprint density at radius 3 is 1.06 bits per heavy atom. The largest absolute Gasteiger partial charge is 0.508 e. The van der Waals surface area contributed by atoms with Crippen molar-refractivity contribution in [3.05, 3.63) is 117 Å². The van der Waals surface area contributed by atoms with Gasteiger partial charge in [0.05, 0.1) is 138 Å². The number of rotatable bonds is 2. The van der Waals surface area contributed by atoms with Gasteiger partial charge in [-0.15, -0.1) is 0 Å². The van der Waals surface area contributed by atoms with E-state index in [2.05, 4.69) is 18.2 Å². The molecular formula is C48H54O14. The molecule has 0 atom stereocenters. The minimum atomic E-state index is -1.71. The van der Waals surface area contributed by atoms with Crippen LogP contribution in [0.5, 0.6) is 11.5 Å². The summed E-state index contributed by atoms with van der Waals surface area (Å²) in [5, 5.41) is 26.6. The maximum absolute atomic E-state index is 14.8. The summed E-state index contributed by atoms with van der Waals surface area (Å²) in [6.45, 7) is 5.39. The summed E-state index contributed by atoms with van der Waals surface area (Å²) >= 11 is 0. The predicted molar refractivity (Wildman–Crippen MR) is 227 cm³/mol. The van der Waals surface area contributed by atoms with E-state index in [1.165, 1.54) is 0 Å². The third kappa shape index (κ3) is 10.4. The topological polar surface area (TPSA) is 159 Å². The van der Waals surface area contributed by atoms with Gasteiger partial charge in [0.25, 0.3) is 0 Å². The minimum Gasteiger partial charge on any atom is -0.508 e. The standard InChI is InChI=1S/C48H54O14/c49-41-23-37-29-58-17-13-54-9-5-52-6-10-55-14-18-59-30-38(24-41)45(37)48(44-28-36-22-34-4-2-1-3-33(34)21-35(36)27-43(44)47(51)62-48)46-39-25-42(50)26-40(46)32-61-20-16-57-12-8-53-7-11-56-15-19-60-31-39/h1-4,21-28,49-50H,5-20,29-32H2. The fourth-order valence-corrected chi connectivity index (χ4v) is 8.34. The lowest BCUT2D eigenvalue weighted by Crippen LogP contribution is -2.35. The molecule has 3 heterocycles. The van der Waals surface area contributed by atoms with Crippen LogP contribution in [0.25, 0.3) is 21.5 Å². The van der Waals surface area contributed by atoms with E-state index in [1.54, 1.807) is 24.3 Å². The van der Waals surface area contributed by atoms with E-state index in [9.17, 15) is 15.0 Å². The lowest BCUT2D eigenvalue weighted by Gasteiger charge is -2.37. The third-order valence-corrected chi connectivity index (χ3v) is 11.0. The Labute approximate surface area is 360 Å². The summed E-state index contributed by atoms with van der Waals surface area (Å²) in [4.78, 5) is 14.8. The highest BCUT2D eigenvalue weighted by Crippen LogP contribution is 2.54. The number of phenols is 2. The zero-order valence-corrected chi connectivity index (χ0v) is 34.9. The smallest absolute Gasteiger partial charge is 0.340 e. The molecule has 14 heteroatoms. The van der Waals surface area contributed by atoms with Crippen LogP contribution >= 0.6 is 0 Å². The van der Waals surface area contributed by atoms with Gasteiger partial charge < -0.3 is 62.3 Å². The molecular weight excluding hydrogens is 801 g/mol. The van der Waals surface area contributed by atoms with Gasteiger partial charge in [-0.1, -0.05) is 24.3 Å². The maximum atomic E-state index is 14.8. The number of hydrogen-bond acceptors (Lipinski definition) is 14. The van der Waals surface area contributed by atoms with Gasteiger partial charge in [-0.2, -0.15) is 0 Å². The number of esters is 1. The van der Waals surface area contributed by atoms with Gasteiger partial charge in [0.15, 0.2) is 5.60 Å². The number of benzene rings is 5. The molecule has 4 bridgehead atoms. The molecule has 0 aliphatic carbocycles. The molecule has 2 N–H and O–H groups in total. The third-order valence-electron chi connectivity index (χ3n) is 11.0. The normalized spacial score (nSPS) is 19.7. The van der Waals surface area contributed by atoms with Gasteiger partial charge in [0.2, 0.25) is 0 Å². The van der Waals surface area contributed by atoms with Crippen LogP contribution in [0.1, 0.15) is 49.3 Å². The molecule has 0 radical (unpaired) electrons. The van der Waals surface area contributed by atoms with Crippen molar-refractivity contribution in [1.29, 1.82) is 0 Å². The van der Waals surface area contributed by atoms with Crippen LogP contribution in [-0.2, 0) is 84.1 Å². The van der Waals surface area contributed by atoms with Crippen molar-refractivity contribution in [1.82, 2.24) is 0 Å². The second-order valence-corrected chi connectivity index (χ2v) is 15.2. The van der Waals surface area contributed by atoms with Crippen molar-refractivity contribution in [3.8, 4) is 11.5 Å². The van der Waals surface area contributed by atoms with E-state index in [1.807, 2.05) is 30.3 Å². The maximum Gasteiger partial charge on any atom is 0.340 e. The lowest BCUT2D eigenvalue weighted by molar-refractivity contribution is -0.0168. The fourth-order valence-electron chi connectivity index (χ4n) is 8.34. The summed E-state index contributed by atoms with van der Waals surface area (Å²) in [5.74, 6) is -0.595. The molecule has 0 aromatic heterocycles. The molecule has 62 heavy (non-hydrogen) atoms. The van der Waals surface area contributed by atoms with Crippen LogP contribution < -0.4 is 0 Å². The Morgan fingerprint density at radius 1 is 0.387 bits per heavy atom. The molecule has 0 unspecified atom stereocenters. The molecule has 8 rings (SSSR count). The molecule has 0 fully saturated rings. The molecule has 3 aliphatic rings. The van der Waals surface area contributed by atoms with Crippen LogP contribution in [0.4, 0.5) is 0 Å². The van der Waals surface area contributed by atoms with Crippen LogP contribution in [-0.4, -0.2) is 122 Å². The molecule has 14 nitrogen and oxygen atoms in total. The highest BCUT2D eigenvalue weighted by Gasteiger charge is 2.53. The molecule has 3 aliphatic heterocycles. The molecule has 5 aromatic rings. The number of carbonyl (C=O) groups is 1. The Morgan fingerprint density at radius 2 is 0.710 bits per heavy atom. The zero-order valence-electron chi connectivity index (χ0n) is 34.9. The Kier molecular flexibility index (Phi) is 15.3. The number of phenolic OH excluding ortho intramolecular Hbond substituents is 2. The fraction of sp³-hybridized carbons (Fsp3) is 0.438. The summed E-state index contributed by atoms with van der Waals surface area (Å²) in [6, 6.07) is 22.7. The van der Waals surface area contributed by atoms with Gasteiger partial charge in [0, 0.05) is 16.7 Å². The summed E-state index contributed by atoms with van der Waals surface area (Å²) in [7, 11) is 0. The first-order valence-electron chi connectivity index (χ1n) is 21.2. The number of fused-ring (bicyclic) bond motifs is 7. The van der Waals surface area contributed by atoms with Crippen LogP contribution in [0.3, 0.4) is 0 Å². The SMILES string of the molecule is O=C1OC(c2c3cc(O)cc2COCCOCCOCCOCCOC3)(c2c3cc(O)cc2COCCOCCOCCOCCOC3)c2cc3cc4ccccc4cc3cc21. The second-order valence-electron chi connectivity index (χ2n) is 15.2. The van der Waals surface area contributed by atoms with Crippen molar-refractivity contribution >= 4 is 27.5 Å². The number of cyclic esters (lactones) is 1. The van der Waals surface area contributed by atoms with E-state index in [4.69, 9.17) is 52.1 Å². The van der Waals surface area contributed by atoms with Crippen LogP contribution in [0.15, 0.2) is 72.8 Å². The first-order chi connectivity index (χ1) is 30.5. The van der Waals surface area contributed by atoms with Crippen molar-refractivity contribution in [2.75, 3.05) is 106 Å². The quantitative estimate of drug-likeness (QED) is 0.156. The first-order valence-corrected chi connectivity index (χ1v) is 21.2. The van der Waals surface area contributed by atoms with Crippen LogP contribution in [0.2, 0.25) is 0 Å². The van der Waals surface area contributed by atoms with Crippen LogP contribution in [0, 0.1) is 0 Å². The Balaban J connectivity index is 1.35. The minimum absolute atomic E-state index is 0.0146. The van der Waals surface area contributed by atoms with Gasteiger partial charge in [-0.25, -0.2) is 4.79 Å². The molecule has 0 amide bonds. The van der Waals surface area contributed by atoms with E-state index in [0.29, 0.717) is 124 Å². The van der Waals surface area contributed by atoms with Crippen molar-refractivity contribution in [2.24, 2.45) is 0 Å². The Bertz CT molecular complexity index is 2130. The van der Waals surface area contributed by atoms with E-state index < -0.39 is 11.6 Å². The highest BCUT2D eigenvalue weighted by molar-refractivity contribution is 6.05. The van der Waals surface area contributed by atoms with Crippen molar-refractivity contribution in [3.63, 3.8) is 0 Å². The zero-order chi connectivity index (χ0) is 42.6. The number of ether oxygens (including phenoxy) is 11.